The number of likely N-dealkylation sites (tertiary alicyclic amines) is 1. The topological polar surface area (TPSA) is 58.6 Å². The van der Waals surface area contributed by atoms with Crippen LogP contribution >= 0.6 is 0 Å². The lowest BCUT2D eigenvalue weighted by atomic mass is 9.76. The van der Waals surface area contributed by atoms with Crippen LogP contribution in [0.4, 0.5) is 5.69 Å². The van der Waals surface area contributed by atoms with Gasteiger partial charge in [-0.2, -0.15) is 0 Å². The molecule has 1 heterocycles. The standard InChI is InChI=1S/C17H22N2O3/c1-11-7-8-12-13(9-11)17(21)19(16(12)20)10-18-14-5-3-4-6-15(14)22-2/h3-6,11-13,18H,7-10H2,1-2H3/t11-,12+,13+/m0/s1. The summed E-state index contributed by atoms with van der Waals surface area (Å²) in [7, 11) is 1.60. The number of anilines is 1. The molecule has 1 saturated heterocycles. The SMILES string of the molecule is COc1ccccc1NCN1C(=O)[C@@H]2CC[C@H](C)C[C@H]2C1=O. The van der Waals surface area contributed by atoms with Gasteiger partial charge in [0.05, 0.1) is 31.3 Å². The third-order valence-electron chi connectivity index (χ3n) is 4.81. The first-order valence-electron chi connectivity index (χ1n) is 7.84. The molecular formula is C17H22N2O3. The fourth-order valence-corrected chi connectivity index (χ4v) is 3.57. The number of nitrogens with one attached hydrogen (secondary N) is 1. The first kappa shape index (κ1) is 14.9. The zero-order valence-electron chi connectivity index (χ0n) is 13.0. The van der Waals surface area contributed by atoms with Crippen LogP contribution in [0.1, 0.15) is 26.2 Å². The summed E-state index contributed by atoms with van der Waals surface area (Å²) in [4.78, 5) is 26.3. The predicted octanol–water partition coefficient (Wildman–Crippen LogP) is 2.49. The number of imide groups is 1. The zero-order valence-corrected chi connectivity index (χ0v) is 13.0. The molecule has 1 aromatic carbocycles. The molecule has 2 fully saturated rings. The number of nitrogens with zero attached hydrogens (tertiary/aromatic N) is 1. The lowest BCUT2D eigenvalue weighted by molar-refractivity contribution is -0.139. The maximum Gasteiger partial charge on any atom is 0.234 e. The Balaban J connectivity index is 1.70. The van der Waals surface area contributed by atoms with Crippen LogP contribution < -0.4 is 10.1 Å². The van der Waals surface area contributed by atoms with Gasteiger partial charge < -0.3 is 10.1 Å². The molecule has 5 nitrogen and oxygen atoms in total. The average molecular weight is 302 g/mol. The fraction of sp³-hybridized carbons (Fsp3) is 0.529. The van der Waals surface area contributed by atoms with E-state index in [0.29, 0.717) is 11.7 Å². The minimum absolute atomic E-state index is 0.0238. The summed E-state index contributed by atoms with van der Waals surface area (Å²) in [6.07, 6.45) is 2.70. The molecular weight excluding hydrogens is 280 g/mol. The molecule has 22 heavy (non-hydrogen) atoms. The average Bonchev–Trinajstić information content (AvgIpc) is 2.76. The Bertz CT molecular complexity index is 587. The Morgan fingerprint density at radius 3 is 2.68 bits per heavy atom. The Morgan fingerprint density at radius 2 is 1.91 bits per heavy atom. The van der Waals surface area contributed by atoms with E-state index < -0.39 is 0 Å². The van der Waals surface area contributed by atoms with Gasteiger partial charge in [0, 0.05) is 0 Å². The monoisotopic (exact) mass is 302 g/mol. The highest BCUT2D eigenvalue weighted by Gasteiger charge is 2.49. The quantitative estimate of drug-likeness (QED) is 0.868. The number of rotatable bonds is 4. The highest BCUT2D eigenvalue weighted by Crippen LogP contribution is 2.40. The predicted molar refractivity (Wildman–Crippen MR) is 83.3 cm³/mol. The van der Waals surface area contributed by atoms with E-state index in [-0.39, 0.29) is 30.3 Å². The number of hydrogen-bond acceptors (Lipinski definition) is 4. The van der Waals surface area contributed by atoms with E-state index in [4.69, 9.17) is 4.74 Å². The molecule has 1 saturated carbocycles. The van der Waals surface area contributed by atoms with Gasteiger partial charge in [0.1, 0.15) is 5.75 Å². The van der Waals surface area contributed by atoms with Crippen LogP contribution in [0.3, 0.4) is 0 Å². The van der Waals surface area contributed by atoms with E-state index in [1.54, 1.807) is 7.11 Å². The summed E-state index contributed by atoms with van der Waals surface area (Å²) in [6, 6.07) is 7.49. The first-order chi connectivity index (χ1) is 10.6. The van der Waals surface area contributed by atoms with Crippen LogP contribution in [0.15, 0.2) is 24.3 Å². The van der Waals surface area contributed by atoms with Crippen molar-refractivity contribution in [1.82, 2.24) is 4.90 Å². The zero-order chi connectivity index (χ0) is 15.7. The Labute approximate surface area is 130 Å². The minimum atomic E-state index is -0.115. The number of benzene rings is 1. The number of fused-ring (bicyclic) bond motifs is 1. The number of hydrogen-bond donors (Lipinski definition) is 1. The van der Waals surface area contributed by atoms with Crippen LogP contribution in [0.5, 0.6) is 5.75 Å². The number of para-hydroxylation sites is 2. The van der Waals surface area contributed by atoms with Crippen molar-refractivity contribution in [2.45, 2.75) is 26.2 Å². The lowest BCUT2D eigenvalue weighted by Crippen LogP contribution is -2.35. The lowest BCUT2D eigenvalue weighted by Gasteiger charge is -2.25. The molecule has 1 N–H and O–H groups in total. The van der Waals surface area contributed by atoms with Gasteiger partial charge in [-0.15, -0.1) is 0 Å². The molecule has 2 aliphatic rings. The van der Waals surface area contributed by atoms with Gasteiger partial charge in [0.2, 0.25) is 11.8 Å². The second-order valence-corrected chi connectivity index (χ2v) is 6.27. The molecule has 0 spiro atoms. The highest BCUT2D eigenvalue weighted by molar-refractivity contribution is 6.05. The molecule has 0 bridgehead atoms. The smallest absolute Gasteiger partial charge is 0.234 e. The highest BCUT2D eigenvalue weighted by atomic mass is 16.5. The van der Waals surface area contributed by atoms with Crippen molar-refractivity contribution in [3.63, 3.8) is 0 Å². The van der Waals surface area contributed by atoms with Crippen LogP contribution in [0.2, 0.25) is 0 Å². The van der Waals surface area contributed by atoms with Crippen molar-refractivity contribution >= 4 is 17.5 Å². The minimum Gasteiger partial charge on any atom is -0.495 e. The van der Waals surface area contributed by atoms with Gasteiger partial charge >= 0.3 is 0 Å². The normalized spacial score (nSPS) is 27.7. The molecule has 1 aliphatic heterocycles. The van der Waals surface area contributed by atoms with Crippen molar-refractivity contribution in [1.29, 1.82) is 0 Å². The van der Waals surface area contributed by atoms with Gasteiger partial charge in [0.15, 0.2) is 0 Å². The molecule has 3 rings (SSSR count). The molecule has 0 unspecified atom stereocenters. The summed E-state index contributed by atoms with van der Waals surface area (Å²) < 4.78 is 5.27. The fourth-order valence-electron chi connectivity index (χ4n) is 3.57. The van der Waals surface area contributed by atoms with E-state index in [9.17, 15) is 9.59 Å². The number of carbonyl (C=O) groups excluding carboxylic acids is 2. The van der Waals surface area contributed by atoms with Crippen molar-refractivity contribution in [2.75, 3.05) is 19.1 Å². The summed E-state index contributed by atoms with van der Waals surface area (Å²) in [5.74, 6) is 0.958. The molecule has 118 valence electrons. The second-order valence-electron chi connectivity index (χ2n) is 6.27. The van der Waals surface area contributed by atoms with Crippen molar-refractivity contribution < 1.29 is 14.3 Å². The van der Waals surface area contributed by atoms with Crippen LogP contribution in [-0.2, 0) is 9.59 Å². The van der Waals surface area contributed by atoms with Crippen LogP contribution in [-0.4, -0.2) is 30.5 Å². The maximum absolute atomic E-state index is 12.5. The van der Waals surface area contributed by atoms with Gasteiger partial charge in [0.25, 0.3) is 0 Å². The Hall–Kier alpha value is -2.04. The van der Waals surface area contributed by atoms with Crippen molar-refractivity contribution in [3.8, 4) is 5.75 Å². The van der Waals surface area contributed by atoms with Gasteiger partial charge in [-0.3, -0.25) is 14.5 Å². The summed E-state index contributed by atoms with van der Waals surface area (Å²) in [5.41, 5.74) is 0.786. The van der Waals surface area contributed by atoms with E-state index in [1.807, 2.05) is 24.3 Å². The number of ether oxygens (including phenoxy) is 1. The van der Waals surface area contributed by atoms with Gasteiger partial charge in [-0.25, -0.2) is 0 Å². The third-order valence-corrected chi connectivity index (χ3v) is 4.81. The largest absolute Gasteiger partial charge is 0.495 e. The molecule has 1 aliphatic carbocycles. The second kappa shape index (κ2) is 5.99. The van der Waals surface area contributed by atoms with Crippen molar-refractivity contribution in [2.24, 2.45) is 17.8 Å². The molecule has 0 radical (unpaired) electrons. The Morgan fingerprint density at radius 1 is 1.18 bits per heavy atom. The third kappa shape index (κ3) is 2.56. The van der Waals surface area contributed by atoms with Gasteiger partial charge in [-0.05, 0) is 37.3 Å². The number of methoxy groups -OCH3 is 1. The molecule has 2 amide bonds. The van der Waals surface area contributed by atoms with Crippen molar-refractivity contribution in [3.05, 3.63) is 24.3 Å². The van der Waals surface area contributed by atoms with E-state index in [1.165, 1.54) is 4.90 Å². The number of amides is 2. The molecule has 3 atom stereocenters. The van der Waals surface area contributed by atoms with E-state index in [0.717, 1.165) is 24.9 Å². The van der Waals surface area contributed by atoms with Gasteiger partial charge in [-0.1, -0.05) is 19.1 Å². The molecule has 5 heteroatoms. The van der Waals surface area contributed by atoms with E-state index in [2.05, 4.69) is 12.2 Å². The van der Waals surface area contributed by atoms with Crippen LogP contribution in [0.25, 0.3) is 0 Å². The maximum atomic E-state index is 12.5. The molecule has 1 aromatic rings. The molecule has 0 aromatic heterocycles. The summed E-state index contributed by atoms with van der Waals surface area (Å²) in [6.45, 7) is 2.36. The summed E-state index contributed by atoms with van der Waals surface area (Å²) in [5, 5.41) is 3.15. The summed E-state index contributed by atoms with van der Waals surface area (Å²) >= 11 is 0. The van der Waals surface area contributed by atoms with Crippen LogP contribution in [0, 0.1) is 17.8 Å². The number of carbonyl (C=O) groups is 2. The first-order valence-corrected chi connectivity index (χ1v) is 7.84. The Kier molecular flexibility index (Phi) is 4.05. The van der Waals surface area contributed by atoms with E-state index >= 15 is 0 Å².